The summed E-state index contributed by atoms with van der Waals surface area (Å²) in [4.78, 5) is 11.5. The number of rotatable bonds is 7. The molecule has 16 heavy (non-hydrogen) atoms. The van der Waals surface area contributed by atoms with Crippen LogP contribution in [-0.4, -0.2) is 32.2 Å². The van der Waals surface area contributed by atoms with Crippen molar-refractivity contribution >= 4 is 5.91 Å². The molecule has 0 aliphatic rings. The van der Waals surface area contributed by atoms with Crippen molar-refractivity contribution in [3.63, 3.8) is 0 Å². The predicted octanol–water partition coefficient (Wildman–Crippen LogP) is 0.520. The fourth-order valence-corrected chi connectivity index (χ4v) is 1.19. The third-order valence-electron chi connectivity index (χ3n) is 2.16. The van der Waals surface area contributed by atoms with Gasteiger partial charge in [-0.25, -0.2) is 0 Å². The van der Waals surface area contributed by atoms with E-state index in [9.17, 15) is 4.79 Å². The van der Waals surface area contributed by atoms with Crippen LogP contribution < -0.4 is 10.6 Å². The highest BCUT2D eigenvalue weighted by molar-refractivity contribution is 5.81. The minimum absolute atomic E-state index is 0.0383. The van der Waals surface area contributed by atoms with Crippen LogP contribution in [0.1, 0.15) is 12.7 Å². The highest BCUT2D eigenvalue weighted by atomic mass is 16.5. The van der Waals surface area contributed by atoms with Gasteiger partial charge in [-0.2, -0.15) is 0 Å². The minimum Gasteiger partial charge on any atom is -0.468 e. The molecule has 1 amide bonds. The summed E-state index contributed by atoms with van der Waals surface area (Å²) in [5.74, 6) is 0.778. The van der Waals surface area contributed by atoms with Gasteiger partial charge in [-0.1, -0.05) is 0 Å². The zero-order valence-corrected chi connectivity index (χ0v) is 9.66. The number of nitrogens with one attached hydrogen (secondary N) is 2. The van der Waals surface area contributed by atoms with E-state index in [1.54, 1.807) is 13.4 Å². The van der Waals surface area contributed by atoms with Gasteiger partial charge in [-0.15, -0.1) is 0 Å². The van der Waals surface area contributed by atoms with Crippen LogP contribution in [0.2, 0.25) is 0 Å². The summed E-state index contributed by atoms with van der Waals surface area (Å²) in [5.41, 5.74) is 0. The van der Waals surface area contributed by atoms with Crippen LogP contribution in [0, 0.1) is 0 Å². The monoisotopic (exact) mass is 226 g/mol. The van der Waals surface area contributed by atoms with Gasteiger partial charge in [-0.05, 0) is 19.1 Å². The molecule has 90 valence electrons. The largest absolute Gasteiger partial charge is 0.468 e. The molecular formula is C11H18N2O3. The molecule has 1 aromatic heterocycles. The molecule has 2 N–H and O–H groups in total. The second-order valence-corrected chi connectivity index (χ2v) is 3.47. The molecule has 5 nitrogen and oxygen atoms in total. The van der Waals surface area contributed by atoms with Gasteiger partial charge < -0.3 is 14.5 Å². The Balaban J connectivity index is 2.18. The van der Waals surface area contributed by atoms with Crippen molar-refractivity contribution in [2.75, 3.05) is 20.3 Å². The Morgan fingerprint density at radius 3 is 3.06 bits per heavy atom. The van der Waals surface area contributed by atoms with Crippen molar-refractivity contribution in [2.45, 2.75) is 19.5 Å². The van der Waals surface area contributed by atoms with Crippen molar-refractivity contribution in [3.05, 3.63) is 24.2 Å². The molecule has 0 aliphatic heterocycles. The topological polar surface area (TPSA) is 63.5 Å². The summed E-state index contributed by atoms with van der Waals surface area (Å²) in [7, 11) is 1.60. The Labute approximate surface area is 95.2 Å². The maximum absolute atomic E-state index is 11.5. The standard InChI is InChI=1S/C11H18N2O3/c1-9(11(14)12-5-7-15-2)13-8-10-4-3-6-16-10/h3-4,6,9,13H,5,7-8H2,1-2H3,(H,12,14). The summed E-state index contributed by atoms with van der Waals surface area (Å²) in [6, 6.07) is 3.44. The van der Waals surface area contributed by atoms with Crippen LogP contribution in [0.5, 0.6) is 0 Å². The average Bonchev–Trinajstić information content (AvgIpc) is 2.79. The highest BCUT2D eigenvalue weighted by Gasteiger charge is 2.11. The molecule has 0 saturated heterocycles. The lowest BCUT2D eigenvalue weighted by Crippen LogP contribution is -2.42. The first-order chi connectivity index (χ1) is 7.74. The molecule has 1 heterocycles. The van der Waals surface area contributed by atoms with Gasteiger partial charge in [0.1, 0.15) is 5.76 Å². The highest BCUT2D eigenvalue weighted by Crippen LogP contribution is 1.99. The molecule has 0 bridgehead atoms. The van der Waals surface area contributed by atoms with E-state index in [1.165, 1.54) is 0 Å². The summed E-state index contributed by atoms with van der Waals surface area (Å²) >= 11 is 0. The number of amides is 1. The van der Waals surface area contributed by atoms with E-state index in [0.29, 0.717) is 19.7 Å². The van der Waals surface area contributed by atoms with Crippen LogP contribution >= 0.6 is 0 Å². The normalized spacial score (nSPS) is 12.4. The van der Waals surface area contributed by atoms with E-state index in [0.717, 1.165) is 5.76 Å². The van der Waals surface area contributed by atoms with E-state index in [-0.39, 0.29) is 11.9 Å². The van der Waals surface area contributed by atoms with Gasteiger partial charge >= 0.3 is 0 Å². The van der Waals surface area contributed by atoms with E-state index < -0.39 is 0 Å². The first kappa shape index (κ1) is 12.7. The lowest BCUT2D eigenvalue weighted by atomic mass is 10.3. The van der Waals surface area contributed by atoms with E-state index >= 15 is 0 Å². The summed E-state index contributed by atoms with van der Waals surface area (Å²) in [6.07, 6.45) is 1.61. The van der Waals surface area contributed by atoms with Gasteiger partial charge in [0.15, 0.2) is 0 Å². The first-order valence-corrected chi connectivity index (χ1v) is 5.26. The van der Waals surface area contributed by atoms with Crippen molar-refractivity contribution in [1.29, 1.82) is 0 Å². The van der Waals surface area contributed by atoms with E-state index in [4.69, 9.17) is 9.15 Å². The van der Waals surface area contributed by atoms with Gasteiger partial charge in [-0.3, -0.25) is 10.1 Å². The number of ether oxygens (including phenoxy) is 1. The molecule has 5 heteroatoms. The van der Waals surface area contributed by atoms with Crippen LogP contribution in [0.15, 0.2) is 22.8 Å². The predicted molar refractivity (Wildman–Crippen MR) is 59.9 cm³/mol. The van der Waals surface area contributed by atoms with Crippen LogP contribution in [0.25, 0.3) is 0 Å². The SMILES string of the molecule is COCCNC(=O)C(C)NCc1ccco1. The Morgan fingerprint density at radius 2 is 2.44 bits per heavy atom. The number of furan rings is 1. The second-order valence-electron chi connectivity index (χ2n) is 3.47. The Bertz CT molecular complexity index is 298. The summed E-state index contributed by atoms with van der Waals surface area (Å²) < 4.78 is 9.99. The van der Waals surface area contributed by atoms with Crippen molar-refractivity contribution in [3.8, 4) is 0 Å². The fraction of sp³-hybridized carbons (Fsp3) is 0.545. The Hall–Kier alpha value is -1.33. The van der Waals surface area contributed by atoms with Crippen molar-refractivity contribution in [2.24, 2.45) is 0 Å². The molecule has 1 rings (SSSR count). The number of carbonyl (C=O) groups is 1. The molecule has 0 spiro atoms. The molecule has 0 saturated carbocycles. The molecule has 0 aromatic carbocycles. The maximum Gasteiger partial charge on any atom is 0.236 e. The van der Waals surface area contributed by atoms with Gasteiger partial charge in [0.2, 0.25) is 5.91 Å². The number of hydrogen-bond acceptors (Lipinski definition) is 4. The third-order valence-corrected chi connectivity index (χ3v) is 2.16. The van der Waals surface area contributed by atoms with Crippen LogP contribution in [0.4, 0.5) is 0 Å². The third kappa shape index (κ3) is 4.46. The quantitative estimate of drug-likeness (QED) is 0.665. The number of carbonyl (C=O) groups excluding carboxylic acids is 1. The molecule has 1 unspecified atom stereocenters. The summed E-state index contributed by atoms with van der Waals surface area (Å²) in [5, 5.41) is 5.82. The first-order valence-electron chi connectivity index (χ1n) is 5.26. The Kier molecular flexibility index (Phi) is 5.60. The maximum atomic E-state index is 11.5. The van der Waals surface area contributed by atoms with Gasteiger partial charge in [0.25, 0.3) is 0 Å². The molecule has 1 aromatic rings. The molecule has 0 aliphatic carbocycles. The van der Waals surface area contributed by atoms with E-state index in [2.05, 4.69) is 10.6 Å². The van der Waals surface area contributed by atoms with Crippen LogP contribution in [0.3, 0.4) is 0 Å². The smallest absolute Gasteiger partial charge is 0.236 e. The van der Waals surface area contributed by atoms with Crippen LogP contribution in [-0.2, 0) is 16.1 Å². The number of hydrogen-bond donors (Lipinski definition) is 2. The molecule has 1 atom stereocenters. The van der Waals surface area contributed by atoms with Gasteiger partial charge in [0.05, 0.1) is 25.5 Å². The summed E-state index contributed by atoms with van der Waals surface area (Å²) in [6.45, 7) is 3.41. The van der Waals surface area contributed by atoms with E-state index in [1.807, 2.05) is 19.1 Å². The minimum atomic E-state index is -0.248. The lowest BCUT2D eigenvalue weighted by Gasteiger charge is -2.12. The molecule has 0 radical (unpaired) electrons. The Morgan fingerprint density at radius 1 is 1.62 bits per heavy atom. The van der Waals surface area contributed by atoms with Crippen molar-refractivity contribution in [1.82, 2.24) is 10.6 Å². The lowest BCUT2D eigenvalue weighted by molar-refractivity contribution is -0.123. The second kappa shape index (κ2) is 7.03. The average molecular weight is 226 g/mol. The zero-order valence-electron chi connectivity index (χ0n) is 9.66. The number of methoxy groups -OCH3 is 1. The fourth-order valence-electron chi connectivity index (χ4n) is 1.19. The van der Waals surface area contributed by atoms with Gasteiger partial charge in [0, 0.05) is 13.7 Å². The molecular weight excluding hydrogens is 208 g/mol. The van der Waals surface area contributed by atoms with Crippen molar-refractivity contribution < 1.29 is 13.9 Å². The molecule has 0 fully saturated rings. The zero-order chi connectivity index (χ0) is 11.8.